The van der Waals surface area contributed by atoms with Crippen molar-refractivity contribution >= 4 is 17.5 Å². The molecule has 0 saturated heterocycles. The molecule has 0 aromatic carbocycles. The third kappa shape index (κ3) is 6.74. The summed E-state index contributed by atoms with van der Waals surface area (Å²) in [5.41, 5.74) is -1.08. The van der Waals surface area contributed by atoms with Gasteiger partial charge in [-0.15, -0.1) is 0 Å². The number of Topliss-reactive ketones (excluding diaryl/α,β-unsaturated/α-hetero) is 2. The average Bonchev–Trinajstić information content (AvgIpc) is 2.85. The van der Waals surface area contributed by atoms with E-state index in [9.17, 15) is 19.6 Å². The van der Waals surface area contributed by atoms with Crippen LogP contribution in [0.1, 0.15) is 134 Å². The second-order valence-electron chi connectivity index (χ2n) is 16.0. The van der Waals surface area contributed by atoms with E-state index in [2.05, 4.69) is 61.5 Å². The van der Waals surface area contributed by atoms with Crippen LogP contribution in [-0.2, 0) is 19.1 Å². The van der Waals surface area contributed by atoms with E-state index in [1.807, 2.05) is 19.9 Å². The summed E-state index contributed by atoms with van der Waals surface area (Å²) in [6, 6.07) is 2.19. The number of hydrogen-bond acceptors (Lipinski definition) is 5. The fourth-order valence-corrected chi connectivity index (χ4v) is 7.97. The summed E-state index contributed by atoms with van der Waals surface area (Å²) < 4.78 is 5.61. The number of nitriles is 1. The first kappa shape index (κ1) is 34.2. The Morgan fingerprint density at radius 1 is 1.02 bits per heavy atom. The van der Waals surface area contributed by atoms with Crippen molar-refractivity contribution in [2.24, 2.45) is 44.3 Å². The van der Waals surface area contributed by atoms with Gasteiger partial charge in [-0.25, -0.2) is 0 Å². The lowest BCUT2D eigenvalue weighted by molar-refractivity contribution is -0.156. The summed E-state index contributed by atoms with van der Waals surface area (Å²) in [5, 5.41) is 9.90. The van der Waals surface area contributed by atoms with E-state index < -0.39 is 10.8 Å². The molecule has 5 atom stereocenters. The quantitative estimate of drug-likeness (QED) is 0.225. The van der Waals surface area contributed by atoms with Crippen molar-refractivity contribution in [3.63, 3.8) is 0 Å². The van der Waals surface area contributed by atoms with E-state index in [1.54, 1.807) is 6.92 Å². The van der Waals surface area contributed by atoms with Crippen molar-refractivity contribution < 1.29 is 19.1 Å². The molecule has 0 radical (unpaired) electrons. The normalized spacial score (nSPS) is 30.0. The van der Waals surface area contributed by atoms with Crippen molar-refractivity contribution in [2.45, 2.75) is 134 Å². The van der Waals surface area contributed by atoms with E-state index in [1.165, 1.54) is 6.92 Å². The van der Waals surface area contributed by atoms with E-state index in [0.717, 1.165) is 44.9 Å². The molecule has 0 amide bonds. The Bertz CT molecular complexity index is 1060. The molecule has 0 spiro atoms. The highest BCUT2D eigenvalue weighted by molar-refractivity contribution is 6.04. The van der Waals surface area contributed by atoms with Crippen LogP contribution in [-0.4, -0.2) is 24.1 Å². The van der Waals surface area contributed by atoms with Gasteiger partial charge in [0.1, 0.15) is 11.9 Å². The Morgan fingerprint density at radius 2 is 1.60 bits per heavy atom. The first-order valence-corrected chi connectivity index (χ1v) is 15.4. The molecule has 0 aromatic rings. The molecule has 40 heavy (non-hydrogen) atoms. The molecule has 2 aliphatic carbocycles. The molecule has 0 aromatic heterocycles. The molecule has 226 valence electrons. The molecule has 5 heteroatoms. The summed E-state index contributed by atoms with van der Waals surface area (Å²) in [4.78, 5) is 37.8. The zero-order chi connectivity index (χ0) is 30.9. The maximum absolute atomic E-state index is 13.2. The fraction of sp³-hybridized carbons (Fsp3) is 0.829. The number of rotatable bonds is 12. The van der Waals surface area contributed by atoms with Crippen molar-refractivity contribution in [3.05, 3.63) is 11.6 Å². The van der Waals surface area contributed by atoms with Gasteiger partial charge in [-0.05, 0) is 78.9 Å². The first-order valence-electron chi connectivity index (χ1n) is 15.4. The lowest BCUT2D eigenvalue weighted by Gasteiger charge is -2.64. The number of nitrogens with zero attached hydrogens (tertiary/aromatic N) is 1. The minimum Gasteiger partial charge on any atom is -0.465 e. The molecular weight excluding hydrogens is 498 g/mol. The van der Waals surface area contributed by atoms with Gasteiger partial charge >= 0.3 is 5.97 Å². The van der Waals surface area contributed by atoms with E-state index >= 15 is 0 Å². The first-order chi connectivity index (χ1) is 18.1. The number of ketones is 2. The SMILES string of the molecule is CCC(C)(C)CC[C@@](C)(CCC(C)(C)[C@]1(C)CC[C@H]2C(C)(C)C(=O)C(C#N)=C[C@]2(C)[C@H]1CC(C)=O)COC(C)=O. The molecular formula is C35H57NO4. The van der Waals surface area contributed by atoms with Gasteiger partial charge in [0.2, 0.25) is 0 Å². The monoisotopic (exact) mass is 555 g/mol. The van der Waals surface area contributed by atoms with Gasteiger partial charge in [-0.3, -0.25) is 9.59 Å². The maximum Gasteiger partial charge on any atom is 0.302 e. The third-order valence-electron chi connectivity index (χ3n) is 11.9. The molecule has 0 bridgehead atoms. The Hall–Kier alpha value is -1.96. The number of ether oxygens (including phenoxy) is 1. The molecule has 0 aliphatic heterocycles. The number of allylic oxidation sites excluding steroid dienone is 2. The fourth-order valence-electron chi connectivity index (χ4n) is 7.97. The minimum absolute atomic E-state index is 0.000672. The number of hydrogen-bond donors (Lipinski definition) is 0. The van der Waals surface area contributed by atoms with E-state index in [4.69, 9.17) is 4.74 Å². The lowest BCUT2D eigenvalue weighted by atomic mass is 9.39. The summed E-state index contributed by atoms with van der Waals surface area (Å²) in [6.07, 6.45) is 9.17. The van der Waals surface area contributed by atoms with Crippen LogP contribution in [0.5, 0.6) is 0 Å². The van der Waals surface area contributed by atoms with Crippen molar-refractivity contribution in [2.75, 3.05) is 6.61 Å². The van der Waals surface area contributed by atoms with Gasteiger partial charge in [0.15, 0.2) is 5.78 Å². The Morgan fingerprint density at radius 3 is 2.10 bits per heavy atom. The highest BCUT2D eigenvalue weighted by Crippen LogP contribution is 2.68. The van der Waals surface area contributed by atoms with Gasteiger partial charge in [-0.1, -0.05) is 81.7 Å². The molecule has 0 N–H and O–H groups in total. The van der Waals surface area contributed by atoms with E-state index in [0.29, 0.717) is 13.0 Å². The van der Waals surface area contributed by atoms with Crippen molar-refractivity contribution in [1.29, 1.82) is 5.26 Å². The molecule has 2 rings (SSSR count). The Labute approximate surface area is 244 Å². The smallest absolute Gasteiger partial charge is 0.302 e. The molecule has 5 nitrogen and oxygen atoms in total. The highest BCUT2D eigenvalue weighted by atomic mass is 16.5. The van der Waals surface area contributed by atoms with Gasteiger partial charge in [-0.2, -0.15) is 5.26 Å². The second-order valence-corrected chi connectivity index (χ2v) is 16.0. The minimum atomic E-state index is -0.649. The predicted octanol–water partition coefficient (Wildman–Crippen LogP) is 8.66. The standard InChI is InChI=1S/C35H57NO4/c1-13-30(4,5)16-18-33(10,23-40-25(3)38)19-17-31(6,7)35(12)15-14-27-32(8,9)29(39)26(22-36)21-34(27,11)28(35)20-24(2)37/h21,27-28H,13-20,23H2,1-12H3/t27-,28+,33-,34-,35+/m0/s1. The van der Waals surface area contributed by atoms with Gasteiger partial charge in [0, 0.05) is 24.2 Å². The number of esters is 1. The highest BCUT2D eigenvalue weighted by Gasteiger charge is 2.63. The van der Waals surface area contributed by atoms with Crippen LogP contribution in [0.3, 0.4) is 0 Å². The predicted molar refractivity (Wildman–Crippen MR) is 161 cm³/mol. The second kappa shape index (κ2) is 11.7. The van der Waals surface area contributed by atoms with Crippen molar-refractivity contribution in [3.8, 4) is 6.07 Å². The Balaban J connectivity index is 2.50. The van der Waals surface area contributed by atoms with Crippen LogP contribution in [0.25, 0.3) is 0 Å². The van der Waals surface area contributed by atoms with E-state index in [-0.39, 0.29) is 56.6 Å². The molecule has 0 unspecified atom stereocenters. The van der Waals surface area contributed by atoms with Crippen LogP contribution in [0.15, 0.2) is 11.6 Å². The number of carbonyl (C=O) groups is 3. The van der Waals surface area contributed by atoms with Gasteiger partial charge in [0.05, 0.1) is 12.2 Å². The summed E-state index contributed by atoms with van der Waals surface area (Å²) in [6.45, 7) is 25.8. The molecule has 1 saturated carbocycles. The van der Waals surface area contributed by atoms with Gasteiger partial charge < -0.3 is 9.53 Å². The average molecular weight is 556 g/mol. The summed E-state index contributed by atoms with van der Waals surface area (Å²) >= 11 is 0. The van der Waals surface area contributed by atoms with Crippen molar-refractivity contribution in [1.82, 2.24) is 0 Å². The molecule has 2 aliphatic rings. The number of fused-ring (bicyclic) bond motifs is 1. The Kier molecular flexibility index (Phi) is 10.0. The largest absolute Gasteiger partial charge is 0.465 e. The van der Waals surface area contributed by atoms with Crippen LogP contribution in [0.2, 0.25) is 0 Å². The number of carbonyl (C=O) groups excluding carboxylic acids is 3. The zero-order valence-electron chi connectivity index (χ0n) is 27.7. The summed E-state index contributed by atoms with van der Waals surface area (Å²) in [5.74, 6) is -0.0891. The third-order valence-corrected chi connectivity index (χ3v) is 11.9. The summed E-state index contributed by atoms with van der Waals surface area (Å²) in [7, 11) is 0. The van der Waals surface area contributed by atoms with Crippen LogP contribution in [0.4, 0.5) is 0 Å². The zero-order valence-corrected chi connectivity index (χ0v) is 27.7. The van der Waals surface area contributed by atoms with Crippen LogP contribution in [0, 0.1) is 55.7 Å². The maximum atomic E-state index is 13.2. The molecule has 1 fully saturated rings. The van der Waals surface area contributed by atoms with Gasteiger partial charge in [0.25, 0.3) is 0 Å². The topological polar surface area (TPSA) is 84.2 Å². The van der Waals surface area contributed by atoms with Crippen LogP contribution >= 0.6 is 0 Å². The molecule has 0 heterocycles. The lowest BCUT2D eigenvalue weighted by Crippen LogP contribution is -2.60. The van der Waals surface area contributed by atoms with Crippen LogP contribution < -0.4 is 0 Å².